The molecule has 1 N–H and O–H groups in total. The van der Waals surface area contributed by atoms with Gasteiger partial charge in [-0.1, -0.05) is 0 Å². The van der Waals surface area contributed by atoms with Crippen molar-refractivity contribution in [1.29, 1.82) is 0 Å². The lowest BCUT2D eigenvalue weighted by Gasteiger charge is -2.22. The average Bonchev–Trinajstić information content (AvgIpc) is 1.85. The highest BCUT2D eigenvalue weighted by Gasteiger charge is 2.35. The molecule has 0 aliphatic rings. The number of carboxylic acid groups (broad SMARTS) is 1. The molecule has 0 aromatic heterocycles. The van der Waals surface area contributed by atoms with Crippen LogP contribution in [-0.4, -0.2) is 34.7 Å². The number of esters is 1. The smallest absolute Gasteiger partial charge is 0.348 e. The third-order valence-electron chi connectivity index (χ3n) is 1.24. The number of hydrogen-bond donors (Lipinski definition) is 1. The highest BCUT2D eigenvalue weighted by molar-refractivity contribution is 7.98. The molecule has 4 nitrogen and oxygen atoms in total. The van der Waals surface area contributed by atoms with Crippen LogP contribution in [0, 0.1) is 0 Å². The average molecular weight is 192 g/mol. The molecule has 0 aromatic rings. The van der Waals surface area contributed by atoms with Gasteiger partial charge < -0.3 is 9.84 Å². The second-order valence-corrected chi connectivity index (χ2v) is 3.43. The summed E-state index contributed by atoms with van der Waals surface area (Å²) in [7, 11) is 0. The molecule has 0 saturated carbocycles. The highest BCUT2D eigenvalue weighted by Crippen LogP contribution is 2.16. The van der Waals surface area contributed by atoms with Crippen molar-refractivity contribution in [3.8, 4) is 0 Å². The Kier molecular flexibility index (Phi) is 4.09. The Morgan fingerprint density at radius 2 is 2.08 bits per heavy atom. The van der Waals surface area contributed by atoms with Gasteiger partial charge in [-0.2, -0.15) is 11.8 Å². The predicted octanol–water partition coefficient (Wildman–Crippen LogP) is 0.756. The van der Waals surface area contributed by atoms with Crippen LogP contribution in [0.3, 0.4) is 0 Å². The van der Waals surface area contributed by atoms with Crippen LogP contribution in [-0.2, 0) is 14.3 Å². The van der Waals surface area contributed by atoms with E-state index >= 15 is 0 Å². The molecular weight excluding hydrogens is 180 g/mol. The first-order chi connectivity index (χ1) is 5.42. The Hall–Kier alpha value is -0.710. The summed E-state index contributed by atoms with van der Waals surface area (Å²) in [5, 5.41) is 8.72. The molecule has 70 valence electrons. The Labute approximate surface area is 75.3 Å². The van der Waals surface area contributed by atoms with Crippen molar-refractivity contribution in [3.63, 3.8) is 0 Å². The third-order valence-corrected chi connectivity index (χ3v) is 2.08. The monoisotopic (exact) mass is 192 g/mol. The van der Waals surface area contributed by atoms with Crippen LogP contribution >= 0.6 is 11.8 Å². The number of carbonyl (C=O) groups is 2. The van der Waals surface area contributed by atoms with E-state index in [9.17, 15) is 9.59 Å². The second-order valence-electron chi connectivity index (χ2n) is 2.56. The first-order valence-corrected chi connectivity index (χ1v) is 4.73. The van der Waals surface area contributed by atoms with E-state index in [0.717, 1.165) is 0 Å². The van der Waals surface area contributed by atoms with Crippen molar-refractivity contribution in [2.24, 2.45) is 0 Å². The van der Waals surface area contributed by atoms with Crippen molar-refractivity contribution in [2.45, 2.75) is 19.4 Å². The maximum Gasteiger partial charge on any atom is 0.348 e. The van der Waals surface area contributed by atoms with Crippen LogP contribution in [0.1, 0.15) is 13.8 Å². The summed E-state index contributed by atoms with van der Waals surface area (Å²) < 4.78 is 4.68. The minimum absolute atomic E-state index is 0.252. The van der Waals surface area contributed by atoms with Gasteiger partial charge in [0, 0.05) is 12.7 Å². The summed E-state index contributed by atoms with van der Waals surface area (Å²) in [6.45, 7) is 2.58. The normalized spacial score (nSPS) is 14.9. The molecule has 0 aliphatic carbocycles. The van der Waals surface area contributed by atoms with E-state index in [2.05, 4.69) is 4.74 Å². The fourth-order valence-corrected chi connectivity index (χ4v) is 1.46. The molecule has 5 heteroatoms. The van der Waals surface area contributed by atoms with E-state index in [1.165, 1.54) is 25.6 Å². The molecule has 0 amide bonds. The quantitative estimate of drug-likeness (QED) is 0.666. The summed E-state index contributed by atoms with van der Waals surface area (Å²) in [5.74, 6) is -1.44. The third kappa shape index (κ3) is 3.13. The molecule has 1 unspecified atom stereocenters. The lowest BCUT2D eigenvalue weighted by atomic mass is 10.1. The topological polar surface area (TPSA) is 63.6 Å². The van der Waals surface area contributed by atoms with Crippen molar-refractivity contribution in [3.05, 3.63) is 0 Å². The highest BCUT2D eigenvalue weighted by atomic mass is 32.2. The van der Waals surface area contributed by atoms with E-state index < -0.39 is 17.5 Å². The van der Waals surface area contributed by atoms with E-state index in [1.807, 2.05) is 0 Å². The summed E-state index contributed by atoms with van der Waals surface area (Å²) in [6, 6.07) is 0. The number of carboxylic acids is 1. The number of rotatable bonds is 4. The molecule has 0 saturated heterocycles. The van der Waals surface area contributed by atoms with E-state index in [0.29, 0.717) is 0 Å². The molecule has 12 heavy (non-hydrogen) atoms. The summed E-state index contributed by atoms with van der Waals surface area (Å²) in [4.78, 5) is 21.2. The number of aliphatic carboxylic acids is 1. The fourth-order valence-electron chi connectivity index (χ4n) is 0.728. The van der Waals surface area contributed by atoms with Gasteiger partial charge in [-0.25, -0.2) is 4.79 Å². The van der Waals surface area contributed by atoms with Gasteiger partial charge in [0.05, 0.1) is 0 Å². The van der Waals surface area contributed by atoms with Gasteiger partial charge in [-0.3, -0.25) is 4.79 Å². The number of hydrogen-bond acceptors (Lipinski definition) is 4. The van der Waals surface area contributed by atoms with E-state index in [4.69, 9.17) is 5.11 Å². The minimum Gasteiger partial charge on any atom is -0.478 e. The maximum atomic E-state index is 10.7. The lowest BCUT2D eigenvalue weighted by molar-refractivity contribution is -0.172. The molecule has 0 radical (unpaired) electrons. The van der Waals surface area contributed by atoms with Crippen LogP contribution < -0.4 is 0 Å². The van der Waals surface area contributed by atoms with Crippen molar-refractivity contribution < 1.29 is 19.4 Å². The first-order valence-electron chi connectivity index (χ1n) is 3.34. The van der Waals surface area contributed by atoms with Crippen molar-refractivity contribution in [2.75, 3.05) is 12.0 Å². The molecule has 0 fully saturated rings. The zero-order chi connectivity index (χ0) is 9.78. The molecule has 0 bridgehead atoms. The van der Waals surface area contributed by atoms with Gasteiger partial charge in [0.25, 0.3) is 0 Å². The largest absolute Gasteiger partial charge is 0.478 e. The van der Waals surface area contributed by atoms with E-state index in [1.54, 1.807) is 6.26 Å². The fraction of sp³-hybridized carbons (Fsp3) is 0.714. The maximum absolute atomic E-state index is 10.7. The molecule has 0 aromatic carbocycles. The zero-order valence-corrected chi connectivity index (χ0v) is 8.10. The Bertz CT molecular complexity index is 192. The predicted molar refractivity (Wildman–Crippen MR) is 46.2 cm³/mol. The van der Waals surface area contributed by atoms with Crippen LogP contribution in [0.15, 0.2) is 0 Å². The number of thioether (sulfide) groups is 1. The number of ether oxygens (including phenoxy) is 1. The molecule has 0 spiro atoms. The first kappa shape index (κ1) is 11.3. The van der Waals surface area contributed by atoms with Gasteiger partial charge >= 0.3 is 11.9 Å². The Morgan fingerprint density at radius 1 is 1.58 bits per heavy atom. The van der Waals surface area contributed by atoms with E-state index in [-0.39, 0.29) is 5.75 Å². The zero-order valence-electron chi connectivity index (χ0n) is 7.29. The van der Waals surface area contributed by atoms with Crippen LogP contribution in [0.5, 0.6) is 0 Å². The SMILES string of the molecule is CSCC(C)(OC(C)=O)C(=O)O. The van der Waals surface area contributed by atoms with Gasteiger partial charge in [0.1, 0.15) is 0 Å². The molecule has 0 aliphatic heterocycles. The van der Waals surface area contributed by atoms with Crippen LogP contribution in [0.2, 0.25) is 0 Å². The van der Waals surface area contributed by atoms with Crippen LogP contribution in [0.4, 0.5) is 0 Å². The Morgan fingerprint density at radius 3 is 2.33 bits per heavy atom. The molecule has 1 atom stereocenters. The van der Waals surface area contributed by atoms with Gasteiger partial charge in [0.2, 0.25) is 5.60 Å². The summed E-state index contributed by atoms with van der Waals surface area (Å²) in [6.07, 6.45) is 1.75. The standard InChI is InChI=1S/C7H12O4S/c1-5(8)11-7(2,4-12-3)6(9)10/h4H2,1-3H3,(H,9,10). The summed E-state index contributed by atoms with van der Waals surface area (Å²) >= 11 is 1.32. The lowest BCUT2D eigenvalue weighted by Crippen LogP contribution is -2.42. The van der Waals surface area contributed by atoms with Gasteiger partial charge in [-0.15, -0.1) is 0 Å². The minimum atomic E-state index is -1.40. The van der Waals surface area contributed by atoms with Gasteiger partial charge in [0.15, 0.2) is 0 Å². The Balaban J connectivity index is 4.38. The molecule has 0 rings (SSSR count). The van der Waals surface area contributed by atoms with Crippen LogP contribution in [0.25, 0.3) is 0 Å². The second kappa shape index (κ2) is 4.35. The molecule has 0 heterocycles. The van der Waals surface area contributed by atoms with Gasteiger partial charge in [-0.05, 0) is 13.2 Å². The summed E-state index contributed by atoms with van der Waals surface area (Å²) in [5.41, 5.74) is -1.40. The van der Waals surface area contributed by atoms with Crippen molar-refractivity contribution in [1.82, 2.24) is 0 Å². The number of carbonyl (C=O) groups excluding carboxylic acids is 1. The molecular formula is C7H12O4S. The van der Waals surface area contributed by atoms with Crippen molar-refractivity contribution >= 4 is 23.7 Å².